The van der Waals surface area contributed by atoms with E-state index in [1.54, 1.807) is 43.3 Å². The average Bonchev–Trinajstić information content (AvgIpc) is 2.62. The normalized spacial score (nSPS) is 18.5. The molecule has 2 rings (SSSR count). The molecule has 28 heavy (non-hydrogen) atoms. The third-order valence-corrected chi connectivity index (χ3v) is 5.44. The van der Waals surface area contributed by atoms with Crippen molar-refractivity contribution in [3.8, 4) is 0 Å². The third-order valence-electron chi connectivity index (χ3n) is 3.75. The molecule has 1 aliphatic rings. The number of amides is 1. The van der Waals surface area contributed by atoms with E-state index in [-0.39, 0.29) is 24.1 Å². The second-order valence-electron chi connectivity index (χ2n) is 5.78. The van der Waals surface area contributed by atoms with Crippen LogP contribution in [0.3, 0.4) is 0 Å². The van der Waals surface area contributed by atoms with Crippen molar-refractivity contribution in [2.45, 2.75) is 31.5 Å². The van der Waals surface area contributed by atoms with Crippen molar-refractivity contribution in [2.24, 2.45) is 0 Å². The SMILES string of the molecule is C/C=C/[C@@H]1CC(OS(=O)(=O)C(F)(F)F)=C(Br)CN1C(=O)OCc1ccccc1. The van der Waals surface area contributed by atoms with Gasteiger partial charge in [0.15, 0.2) is 0 Å². The average molecular weight is 484 g/mol. The molecule has 11 heteroatoms. The molecule has 0 fully saturated rings. The third kappa shape index (κ3) is 5.51. The molecule has 0 aliphatic carbocycles. The van der Waals surface area contributed by atoms with Gasteiger partial charge in [0.1, 0.15) is 12.4 Å². The zero-order valence-corrected chi connectivity index (χ0v) is 17.1. The second-order valence-corrected chi connectivity index (χ2v) is 8.27. The molecule has 1 amide bonds. The van der Waals surface area contributed by atoms with Gasteiger partial charge in [0.2, 0.25) is 0 Å². The summed E-state index contributed by atoms with van der Waals surface area (Å²) < 4.78 is 69.8. The Balaban J connectivity index is 2.16. The molecular weight excluding hydrogens is 467 g/mol. The number of nitrogens with zero attached hydrogens (tertiary/aromatic N) is 1. The number of carbonyl (C=O) groups is 1. The van der Waals surface area contributed by atoms with Crippen LogP contribution in [0.1, 0.15) is 18.9 Å². The molecular formula is C17H17BrF3NO5S. The summed E-state index contributed by atoms with van der Waals surface area (Å²) in [5, 5.41) is 0. The fourth-order valence-corrected chi connectivity index (χ4v) is 3.57. The van der Waals surface area contributed by atoms with E-state index in [0.717, 1.165) is 5.56 Å². The van der Waals surface area contributed by atoms with Gasteiger partial charge in [-0.05, 0) is 28.4 Å². The van der Waals surface area contributed by atoms with E-state index < -0.39 is 33.5 Å². The van der Waals surface area contributed by atoms with Gasteiger partial charge in [0.25, 0.3) is 0 Å². The van der Waals surface area contributed by atoms with E-state index in [9.17, 15) is 26.4 Å². The van der Waals surface area contributed by atoms with Crippen LogP contribution in [-0.4, -0.2) is 37.5 Å². The number of benzene rings is 1. The van der Waals surface area contributed by atoms with Crippen molar-refractivity contribution in [1.29, 1.82) is 0 Å². The van der Waals surface area contributed by atoms with Crippen LogP contribution < -0.4 is 0 Å². The maximum absolute atomic E-state index is 12.6. The van der Waals surface area contributed by atoms with Gasteiger partial charge in [0, 0.05) is 6.42 Å². The fourth-order valence-electron chi connectivity index (χ4n) is 2.42. The lowest BCUT2D eigenvalue weighted by Gasteiger charge is -2.34. The molecule has 1 aliphatic heterocycles. The predicted molar refractivity (Wildman–Crippen MR) is 98.6 cm³/mol. The van der Waals surface area contributed by atoms with Crippen molar-refractivity contribution in [1.82, 2.24) is 4.90 Å². The Hall–Kier alpha value is -2.01. The number of halogens is 4. The van der Waals surface area contributed by atoms with E-state index >= 15 is 0 Å². The molecule has 0 unspecified atom stereocenters. The molecule has 0 bridgehead atoms. The van der Waals surface area contributed by atoms with Crippen LogP contribution in [0, 0.1) is 0 Å². The first kappa shape index (κ1) is 22.3. The quantitative estimate of drug-likeness (QED) is 0.351. The van der Waals surface area contributed by atoms with Gasteiger partial charge in [-0.15, -0.1) is 0 Å². The lowest BCUT2D eigenvalue weighted by molar-refractivity contribution is -0.0526. The number of allylic oxidation sites excluding steroid dienone is 1. The van der Waals surface area contributed by atoms with Gasteiger partial charge in [-0.25, -0.2) is 4.79 Å². The smallest absolute Gasteiger partial charge is 0.445 e. The van der Waals surface area contributed by atoms with E-state index in [4.69, 9.17) is 4.74 Å². The first-order chi connectivity index (χ1) is 13.0. The van der Waals surface area contributed by atoms with Crippen LogP contribution in [0.25, 0.3) is 0 Å². The predicted octanol–water partition coefficient (Wildman–Crippen LogP) is 4.45. The Bertz CT molecular complexity index is 869. The molecule has 1 atom stereocenters. The maximum atomic E-state index is 12.6. The summed E-state index contributed by atoms with van der Waals surface area (Å²) in [6, 6.07) is 8.21. The molecule has 1 heterocycles. The van der Waals surface area contributed by atoms with Crippen molar-refractivity contribution < 1.29 is 35.3 Å². The Labute approximate surface area is 168 Å². The summed E-state index contributed by atoms with van der Waals surface area (Å²) >= 11 is 3.01. The molecule has 0 aromatic heterocycles. The Morgan fingerprint density at radius 1 is 1.32 bits per heavy atom. The van der Waals surface area contributed by atoms with Crippen LogP contribution in [0.5, 0.6) is 0 Å². The van der Waals surface area contributed by atoms with Gasteiger partial charge in [-0.1, -0.05) is 42.5 Å². The Kier molecular flexibility index (Phi) is 7.16. The topological polar surface area (TPSA) is 72.9 Å². The van der Waals surface area contributed by atoms with Crippen LogP contribution >= 0.6 is 15.9 Å². The van der Waals surface area contributed by atoms with E-state index in [2.05, 4.69) is 20.1 Å². The number of hydrogen-bond donors (Lipinski definition) is 0. The molecule has 1 aromatic carbocycles. The highest BCUT2D eigenvalue weighted by molar-refractivity contribution is 9.11. The highest BCUT2D eigenvalue weighted by Gasteiger charge is 2.49. The van der Waals surface area contributed by atoms with E-state index in [1.165, 1.54) is 4.90 Å². The van der Waals surface area contributed by atoms with E-state index in [0.29, 0.717) is 0 Å². The monoisotopic (exact) mass is 483 g/mol. The van der Waals surface area contributed by atoms with Crippen LogP contribution in [-0.2, 0) is 25.6 Å². The Morgan fingerprint density at radius 2 is 1.96 bits per heavy atom. The fraction of sp³-hybridized carbons (Fsp3) is 0.353. The van der Waals surface area contributed by atoms with E-state index in [1.807, 2.05) is 6.07 Å². The zero-order valence-electron chi connectivity index (χ0n) is 14.6. The summed E-state index contributed by atoms with van der Waals surface area (Å²) in [6.45, 7) is 1.48. The summed E-state index contributed by atoms with van der Waals surface area (Å²) in [4.78, 5) is 13.7. The lowest BCUT2D eigenvalue weighted by Crippen LogP contribution is -2.44. The molecule has 154 valence electrons. The zero-order chi connectivity index (χ0) is 20.9. The van der Waals surface area contributed by atoms with Crippen molar-refractivity contribution in [3.05, 3.63) is 58.3 Å². The van der Waals surface area contributed by atoms with Crippen LogP contribution in [0.4, 0.5) is 18.0 Å². The van der Waals surface area contributed by atoms with Crippen molar-refractivity contribution in [2.75, 3.05) is 6.54 Å². The van der Waals surface area contributed by atoms with Gasteiger partial charge in [-0.2, -0.15) is 21.6 Å². The molecule has 1 aromatic rings. The minimum Gasteiger partial charge on any atom is -0.445 e. The highest BCUT2D eigenvalue weighted by atomic mass is 79.9. The van der Waals surface area contributed by atoms with Crippen molar-refractivity contribution in [3.63, 3.8) is 0 Å². The standard InChI is InChI=1S/C17H17BrF3NO5S/c1-2-6-13-9-15(27-28(24,25)17(19,20)21)14(18)10-22(13)16(23)26-11-12-7-4-3-5-8-12/h2-8,13H,9-11H2,1H3/b6-2+/t13-/m1/s1. The van der Waals surface area contributed by atoms with Gasteiger partial charge in [-0.3, -0.25) is 4.90 Å². The summed E-state index contributed by atoms with van der Waals surface area (Å²) in [5.41, 5.74) is -4.78. The van der Waals surface area contributed by atoms with Gasteiger partial charge in [0.05, 0.1) is 17.1 Å². The molecule has 0 saturated carbocycles. The Morgan fingerprint density at radius 3 is 2.54 bits per heavy atom. The second kappa shape index (κ2) is 8.99. The molecule has 0 radical (unpaired) electrons. The largest absolute Gasteiger partial charge is 0.534 e. The van der Waals surface area contributed by atoms with Gasteiger partial charge < -0.3 is 8.92 Å². The first-order valence-electron chi connectivity index (χ1n) is 8.03. The summed E-state index contributed by atoms with van der Waals surface area (Å²) in [6.07, 6.45) is 2.19. The maximum Gasteiger partial charge on any atom is 0.534 e. The van der Waals surface area contributed by atoms with Crippen LogP contribution in [0.2, 0.25) is 0 Å². The van der Waals surface area contributed by atoms with Gasteiger partial charge >= 0.3 is 21.7 Å². The molecule has 0 spiro atoms. The summed E-state index contributed by atoms with van der Waals surface area (Å²) in [7, 11) is -5.80. The number of hydrogen-bond acceptors (Lipinski definition) is 5. The molecule has 0 saturated heterocycles. The van der Waals surface area contributed by atoms with Crippen LogP contribution in [0.15, 0.2) is 52.7 Å². The summed E-state index contributed by atoms with van der Waals surface area (Å²) in [5.74, 6) is -0.410. The number of carbonyl (C=O) groups excluding carboxylic acids is 1. The lowest BCUT2D eigenvalue weighted by atomic mass is 10.1. The minimum atomic E-state index is -5.80. The van der Waals surface area contributed by atoms with Crippen molar-refractivity contribution >= 4 is 32.1 Å². The number of alkyl halides is 3. The highest BCUT2D eigenvalue weighted by Crippen LogP contribution is 2.34. The molecule has 6 nitrogen and oxygen atoms in total. The molecule has 0 N–H and O–H groups in total. The minimum absolute atomic E-state index is 0.0118. The number of rotatable bonds is 5. The number of ether oxygens (including phenoxy) is 1. The first-order valence-corrected chi connectivity index (χ1v) is 10.2.